The lowest BCUT2D eigenvalue weighted by Gasteiger charge is -2.17. The maximum Gasteiger partial charge on any atom is 0.416 e. The molecule has 1 aromatic carbocycles. The van der Waals surface area contributed by atoms with Crippen LogP contribution in [0.1, 0.15) is 17.5 Å². The fourth-order valence-electron chi connectivity index (χ4n) is 1.98. The number of carbonyl (C=O) groups excluding carboxylic acids is 1. The van der Waals surface area contributed by atoms with Crippen molar-refractivity contribution in [3.05, 3.63) is 35.1 Å². The predicted molar refractivity (Wildman–Crippen MR) is 57.4 cm³/mol. The van der Waals surface area contributed by atoms with E-state index in [0.29, 0.717) is 12.1 Å². The van der Waals surface area contributed by atoms with Crippen LogP contribution in [0.25, 0.3) is 0 Å². The summed E-state index contributed by atoms with van der Waals surface area (Å²) in [5.74, 6) is -1.20. The van der Waals surface area contributed by atoms with Crippen molar-refractivity contribution in [3.63, 3.8) is 0 Å². The molecule has 1 amide bonds. The molecule has 0 spiro atoms. The molecule has 104 valence electrons. The third kappa shape index (κ3) is 3.04. The summed E-state index contributed by atoms with van der Waals surface area (Å²) in [5.41, 5.74) is -1.17. The largest absolute Gasteiger partial charge is 0.416 e. The Morgan fingerprint density at radius 2 is 2.05 bits per heavy atom. The molecule has 1 heterocycles. The molecule has 0 saturated carbocycles. The number of amides is 1. The van der Waals surface area contributed by atoms with Crippen molar-refractivity contribution in [1.82, 2.24) is 4.90 Å². The van der Waals surface area contributed by atoms with Crippen molar-refractivity contribution in [2.75, 3.05) is 6.54 Å². The first kappa shape index (κ1) is 13.8. The van der Waals surface area contributed by atoms with Crippen LogP contribution in [0.5, 0.6) is 0 Å². The molecule has 0 aliphatic carbocycles. The minimum atomic E-state index is -4.56. The van der Waals surface area contributed by atoms with Crippen molar-refractivity contribution in [2.45, 2.75) is 25.2 Å². The number of nitrogens with zero attached hydrogens (tertiary/aromatic N) is 1. The van der Waals surface area contributed by atoms with Gasteiger partial charge in [-0.3, -0.25) is 4.79 Å². The van der Waals surface area contributed by atoms with E-state index in [-0.39, 0.29) is 25.1 Å². The first-order valence-electron chi connectivity index (χ1n) is 5.59. The zero-order valence-electron chi connectivity index (χ0n) is 9.75. The number of aliphatic hydroxyl groups is 1. The molecule has 1 unspecified atom stereocenters. The highest BCUT2D eigenvalue weighted by atomic mass is 19.4. The summed E-state index contributed by atoms with van der Waals surface area (Å²) in [6.45, 7) is -0.264. The lowest BCUT2D eigenvalue weighted by molar-refractivity contribution is -0.137. The third-order valence-corrected chi connectivity index (χ3v) is 2.93. The second-order valence-electron chi connectivity index (χ2n) is 4.44. The Kier molecular flexibility index (Phi) is 3.49. The minimum Gasteiger partial charge on any atom is -0.391 e. The number of hydrogen-bond donors (Lipinski definition) is 1. The number of β-amino-alcohol motifs (C(OH)–C–C–N with tert-alkyl or cyclic N) is 1. The molecule has 7 heteroatoms. The molecule has 1 aromatic rings. The third-order valence-electron chi connectivity index (χ3n) is 2.93. The molecule has 2 rings (SSSR count). The van der Waals surface area contributed by atoms with Gasteiger partial charge in [-0.15, -0.1) is 0 Å². The van der Waals surface area contributed by atoms with Crippen LogP contribution in [0.2, 0.25) is 0 Å². The number of likely N-dealkylation sites (tertiary alicyclic amines) is 1. The molecule has 1 aliphatic rings. The molecular weight excluding hydrogens is 266 g/mol. The summed E-state index contributed by atoms with van der Waals surface area (Å²) < 4.78 is 51.0. The normalized spacial score (nSPS) is 20.2. The zero-order valence-corrected chi connectivity index (χ0v) is 9.75. The average molecular weight is 277 g/mol. The standard InChI is InChI=1S/C12H11F4NO2/c13-10-2-1-8(12(14,15)16)3-7(10)5-17-6-9(18)4-11(17)19/h1-3,9,18H,4-6H2. The first-order valence-corrected chi connectivity index (χ1v) is 5.59. The maximum atomic E-state index is 13.5. The van der Waals surface area contributed by atoms with Gasteiger partial charge < -0.3 is 10.0 Å². The highest BCUT2D eigenvalue weighted by Gasteiger charge is 2.32. The van der Waals surface area contributed by atoms with Gasteiger partial charge in [-0.25, -0.2) is 4.39 Å². The van der Waals surface area contributed by atoms with Gasteiger partial charge in [-0.05, 0) is 18.2 Å². The Morgan fingerprint density at radius 3 is 2.58 bits per heavy atom. The lowest BCUT2D eigenvalue weighted by Crippen LogP contribution is -2.26. The Bertz CT molecular complexity index is 501. The molecule has 3 nitrogen and oxygen atoms in total. The van der Waals surface area contributed by atoms with E-state index in [4.69, 9.17) is 0 Å². The smallest absolute Gasteiger partial charge is 0.391 e. The van der Waals surface area contributed by atoms with Crippen LogP contribution in [0.15, 0.2) is 18.2 Å². The van der Waals surface area contributed by atoms with Gasteiger partial charge in [0.25, 0.3) is 0 Å². The topological polar surface area (TPSA) is 40.5 Å². The van der Waals surface area contributed by atoms with Crippen LogP contribution in [0.3, 0.4) is 0 Å². The SMILES string of the molecule is O=C1CC(O)CN1Cc1cc(C(F)(F)F)ccc1F. The second-order valence-corrected chi connectivity index (χ2v) is 4.44. The van der Waals surface area contributed by atoms with E-state index in [1.807, 2.05) is 0 Å². The van der Waals surface area contributed by atoms with Crippen LogP contribution in [0.4, 0.5) is 17.6 Å². The molecule has 19 heavy (non-hydrogen) atoms. The highest BCUT2D eigenvalue weighted by molar-refractivity contribution is 5.79. The Balaban J connectivity index is 2.22. The molecule has 1 N–H and O–H groups in total. The lowest BCUT2D eigenvalue weighted by atomic mass is 10.1. The summed E-state index contributed by atoms with van der Waals surface area (Å²) >= 11 is 0. The molecule has 0 bridgehead atoms. The molecule has 1 saturated heterocycles. The average Bonchev–Trinajstić information content (AvgIpc) is 2.59. The van der Waals surface area contributed by atoms with E-state index in [1.54, 1.807) is 0 Å². The predicted octanol–water partition coefficient (Wildman–Crippen LogP) is 1.94. The van der Waals surface area contributed by atoms with Gasteiger partial charge in [0.15, 0.2) is 0 Å². The Labute approximate surface area is 106 Å². The number of halogens is 4. The number of alkyl halides is 3. The van der Waals surface area contributed by atoms with Crippen molar-refractivity contribution in [1.29, 1.82) is 0 Å². The fraction of sp³-hybridized carbons (Fsp3) is 0.417. The van der Waals surface area contributed by atoms with E-state index >= 15 is 0 Å². The van der Waals surface area contributed by atoms with Crippen molar-refractivity contribution in [2.24, 2.45) is 0 Å². The number of hydrogen-bond acceptors (Lipinski definition) is 2. The second kappa shape index (κ2) is 4.80. The summed E-state index contributed by atoms with van der Waals surface area (Å²) in [6.07, 6.45) is -5.49. The van der Waals surface area contributed by atoms with E-state index in [1.165, 1.54) is 0 Å². The molecule has 1 atom stereocenters. The van der Waals surface area contributed by atoms with Crippen molar-refractivity contribution >= 4 is 5.91 Å². The first-order chi connectivity index (χ1) is 8.77. The van der Waals surface area contributed by atoms with Gasteiger partial charge in [-0.1, -0.05) is 0 Å². The van der Waals surface area contributed by atoms with Crippen LogP contribution < -0.4 is 0 Å². The Morgan fingerprint density at radius 1 is 1.37 bits per heavy atom. The number of benzene rings is 1. The van der Waals surface area contributed by atoms with Crippen molar-refractivity contribution in [3.8, 4) is 0 Å². The van der Waals surface area contributed by atoms with Gasteiger partial charge in [-0.2, -0.15) is 13.2 Å². The molecule has 0 aromatic heterocycles. The van der Waals surface area contributed by atoms with Gasteiger partial charge >= 0.3 is 6.18 Å². The quantitative estimate of drug-likeness (QED) is 0.839. The zero-order chi connectivity index (χ0) is 14.2. The molecular formula is C12H11F4NO2. The maximum absolute atomic E-state index is 13.5. The van der Waals surface area contributed by atoms with E-state index in [2.05, 4.69) is 0 Å². The van der Waals surface area contributed by atoms with Crippen molar-refractivity contribution < 1.29 is 27.5 Å². The summed E-state index contributed by atoms with van der Waals surface area (Å²) in [7, 11) is 0. The van der Waals surface area contributed by atoms with Gasteiger partial charge in [0.2, 0.25) is 5.91 Å². The van der Waals surface area contributed by atoms with E-state index < -0.39 is 29.6 Å². The van der Waals surface area contributed by atoms with Crippen LogP contribution in [0, 0.1) is 5.82 Å². The molecule has 1 aliphatic heterocycles. The molecule has 0 radical (unpaired) electrons. The summed E-state index contributed by atoms with van der Waals surface area (Å²) in [5, 5.41) is 9.26. The summed E-state index contributed by atoms with van der Waals surface area (Å²) in [4.78, 5) is 12.5. The Hall–Kier alpha value is -1.63. The van der Waals surface area contributed by atoms with Gasteiger partial charge in [0, 0.05) is 18.7 Å². The van der Waals surface area contributed by atoms with Crippen LogP contribution in [-0.4, -0.2) is 28.6 Å². The fourth-order valence-corrected chi connectivity index (χ4v) is 1.98. The number of aliphatic hydroxyl groups excluding tert-OH is 1. The van der Waals surface area contributed by atoms with E-state index in [0.717, 1.165) is 11.0 Å². The van der Waals surface area contributed by atoms with Crippen LogP contribution >= 0.6 is 0 Å². The number of rotatable bonds is 2. The molecule has 1 fully saturated rings. The van der Waals surface area contributed by atoms with Crippen LogP contribution in [-0.2, 0) is 17.5 Å². The monoisotopic (exact) mass is 277 g/mol. The van der Waals surface area contributed by atoms with Gasteiger partial charge in [0.1, 0.15) is 5.82 Å². The minimum absolute atomic E-state index is 0.00845. The van der Waals surface area contributed by atoms with Gasteiger partial charge in [0.05, 0.1) is 18.1 Å². The highest BCUT2D eigenvalue weighted by Crippen LogP contribution is 2.31. The summed E-state index contributed by atoms with van der Waals surface area (Å²) in [6, 6.07) is 2.07. The number of carbonyl (C=O) groups is 1. The van der Waals surface area contributed by atoms with E-state index in [9.17, 15) is 27.5 Å².